The van der Waals surface area contributed by atoms with Crippen LogP contribution >= 0.6 is 0 Å². The van der Waals surface area contributed by atoms with E-state index >= 15 is 0 Å². The third kappa shape index (κ3) is 3.36. The minimum absolute atomic E-state index is 0.109. The number of aromatic nitrogens is 2. The first-order chi connectivity index (χ1) is 15.5. The number of hydrogen-bond acceptors (Lipinski definition) is 6. The molecule has 7 nitrogen and oxygen atoms in total. The fourth-order valence-corrected chi connectivity index (χ4v) is 6.39. The quantitative estimate of drug-likeness (QED) is 0.354. The lowest BCUT2D eigenvalue weighted by Crippen LogP contribution is -2.44. The largest absolute Gasteiger partial charge is 0.458 e. The maximum absolute atomic E-state index is 13.3. The van der Waals surface area contributed by atoms with Crippen LogP contribution < -0.4 is 5.56 Å². The highest BCUT2D eigenvalue weighted by Crippen LogP contribution is 2.39. The van der Waals surface area contributed by atoms with Gasteiger partial charge in [-0.25, -0.2) is 9.78 Å². The summed E-state index contributed by atoms with van der Waals surface area (Å²) in [6, 6.07) is 10.2. The Morgan fingerprint density at radius 2 is 2.00 bits per heavy atom. The molecule has 172 valence electrons. The topological polar surface area (TPSA) is 102 Å². The van der Waals surface area contributed by atoms with Crippen LogP contribution in [0.4, 0.5) is 0 Å². The molecular weight excluding hydrogens is 436 g/mol. The van der Waals surface area contributed by atoms with E-state index in [9.17, 15) is 19.8 Å². The Hall–Kier alpha value is -2.81. The second-order valence-corrected chi connectivity index (χ2v) is 15.8. The van der Waals surface area contributed by atoms with Crippen molar-refractivity contribution in [2.75, 3.05) is 0 Å². The second-order valence-electron chi connectivity index (χ2n) is 10.3. The van der Waals surface area contributed by atoms with Gasteiger partial charge in [-0.2, -0.15) is 0 Å². The Bertz CT molecular complexity index is 1370. The van der Waals surface area contributed by atoms with E-state index in [0.29, 0.717) is 29.1 Å². The summed E-state index contributed by atoms with van der Waals surface area (Å²) in [5, 5.41) is 22.8. The number of pyridine rings is 2. The Balaban J connectivity index is 1.68. The van der Waals surface area contributed by atoms with Gasteiger partial charge in [-0.1, -0.05) is 38.7 Å². The predicted molar refractivity (Wildman–Crippen MR) is 128 cm³/mol. The minimum Gasteiger partial charge on any atom is -0.458 e. The van der Waals surface area contributed by atoms with E-state index in [1.807, 2.05) is 24.3 Å². The third-order valence-electron chi connectivity index (χ3n) is 6.75. The van der Waals surface area contributed by atoms with Gasteiger partial charge in [0.2, 0.25) is 0 Å². The molecule has 2 aromatic heterocycles. The predicted octanol–water partition coefficient (Wildman–Crippen LogP) is 3.45. The zero-order chi connectivity index (χ0) is 23.7. The Morgan fingerprint density at radius 1 is 1.24 bits per heavy atom. The number of carbonyl (C=O) groups excluding carboxylic acids is 1. The van der Waals surface area contributed by atoms with E-state index < -0.39 is 25.7 Å². The molecule has 2 aliphatic heterocycles. The van der Waals surface area contributed by atoms with Crippen molar-refractivity contribution in [2.24, 2.45) is 0 Å². The highest BCUT2D eigenvalue weighted by molar-refractivity contribution is 6.76. The number of nitrogens with zero attached hydrogens (tertiary/aromatic N) is 2. The summed E-state index contributed by atoms with van der Waals surface area (Å²) in [4.78, 5) is 30.5. The molecule has 3 aromatic rings. The summed E-state index contributed by atoms with van der Waals surface area (Å²) in [7, 11) is -1.49. The summed E-state index contributed by atoms with van der Waals surface area (Å²) in [6.07, 6.45) is -0.459. The minimum atomic E-state index is -1.84. The van der Waals surface area contributed by atoms with Gasteiger partial charge in [-0.05, 0) is 36.2 Å². The molecule has 4 heterocycles. The van der Waals surface area contributed by atoms with Crippen molar-refractivity contribution in [1.29, 1.82) is 0 Å². The van der Waals surface area contributed by atoms with E-state index in [1.165, 1.54) is 0 Å². The number of fused-ring (bicyclic) bond motifs is 5. The number of hydrogen-bond donors (Lipinski definition) is 2. The molecular formula is C25H28N2O5Si. The molecule has 5 rings (SSSR count). The number of cyclic esters (lactones) is 1. The van der Waals surface area contributed by atoms with Crippen molar-refractivity contribution >= 4 is 24.9 Å². The van der Waals surface area contributed by atoms with Crippen molar-refractivity contribution in [3.05, 3.63) is 62.9 Å². The number of aliphatic hydroxyl groups excluding tert-OH is 1. The summed E-state index contributed by atoms with van der Waals surface area (Å²) >= 11 is 0. The van der Waals surface area contributed by atoms with Crippen LogP contribution in [-0.4, -0.2) is 33.8 Å². The van der Waals surface area contributed by atoms with Crippen LogP contribution in [0.15, 0.2) is 35.1 Å². The van der Waals surface area contributed by atoms with Gasteiger partial charge in [0.15, 0.2) is 5.60 Å². The maximum atomic E-state index is 13.3. The number of esters is 1. The van der Waals surface area contributed by atoms with Crippen LogP contribution in [0.3, 0.4) is 0 Å². The fraction of sp³-hybridized carbons (Fsp3) is 0.400. The first kappa shape index (κ1) is 22.0. The molecule has 1 aromatic carbocycles. The lowest BCUT2D eigenvalue weighted by molar-refractivity contribution is -0.172. The molecule has 0 amide bonds. The van der Waals surface area contributed by atoms with Gasteiger partial charge >= 0.3 is 5.97 Å². The second kappa shape index (κ2) is 7.35. The van der Waals surface area contributed by atoms with Crippen molar-refractivity contribution in [3.63, 3.8) is 0 Å². The molecule has 8 heteroatoms. The van der Waals surface area contributed by atoms with E-state index in [4.69, 9.17) is 9.72 Å². The van der Waals surface area contributed by atoms with Gasteiger partial charge in [0.05, 0.1) is 35.1 Å². The first-order valence-corrected chi connectivity index (χ1v) is 15.0. The average Bonchev–Trinajstić information content (AvgIpc) is 3.11. The van der Waals surface area contributed by atoms with Gasteiger partial charge in [-0.15, -0.1) is 0 Å². The number of rotatable bonds is 4. The first-order valence-electron chi connectivity index (χ1n) is 11.3. The molecule has 0 saturated heterocycles. The van der Waals surface area contributed by atoms with Gasteiger partial charge in [0, 0.05) is 24.6 Å². The molecule has 0 aliphatic carbocycles. The molecule has 33 heavy (non-hydrogen) atoms. The third-order valence-corrected chi connectivity index (χ3v) is 8.36. The maximum Gasteiger partial charge on any atom is 0.343 e. The van der Waals surface area contributed by atoms with E-state index in [1.54, 1.807) is 17.6 Å². The zero-order valence-corrected chi connectivity index (χ0v) is 20.3. The van der Waals surface area contributed by atoms with E-state index in [0.717, 1.165) is 28.1 Å². The van der Waals surface area contributed by atoms with Crippen molar-refractivity contribution < 1.29 is 19.7 Å². The van der Waals surface area contributed by atoms with Gasteiger partial charge in [0.1, 0.15) is 6.61 Å². The molecule has 0 unspecified atom stereocenters. The lowest BCUT2D eigenvalue weighted by Gasteiger charge is -2.31. The molecule has 0 bridgehead atoms. The Labute approximate surface area is 192 Å². The van der Waals surface area contributed by atoms with E-state index in [2.05, 4.69) is 19.6 Å². The smallest absolute Gasteiger partial charge is 0.343 e. The highest BCUT2D eigenvalue weighted by Gasteiger charge is 2.45. The summed E-state index contributed by atoms with van der Waals surface area (Å²) < 4.78 is 6.76. The van der Waals surface area contributed by atoms with Crippen molar-refractivity contribution in [2.45, 2.75) is 63.9 Å². The lowest BCUT2D eigenvalue weighted by atomic mass is 9.86. The van der Waals surface area contributed by atoms with Gasteiger partial charge in [0.25, 0.3) is 5.56 Å². The molecule has 0 saturated carbocycles. The molecule has 0 radical (unpaired) electrons. The molecule has 2 atom stereocenters. The Kier molecular flexibility index (Phi) is 4.90. The van der Waals surface area contributed by atoms with Crippen molar-refractivity contribution in [3.8, 4) is 11.4 Å². The summed E-state index contributed by atoms with van der Waals surface area (Å²) in [5.74, 6) is -0.729. The number of aliphatic hydroxyl groups is 2. The fourth-order valence-electron chi connectivity index (χ4n) is 5.01. The van der Waals surface area contributed by atoms with Crippen LogP contribution in [0, 0.1) is 0 Å². The number of ether oxygens (including phenoxy) is 1. The molecule has 2 aliphatic rings. The zero-order valence-electron chi connectivity index (χ0n) is 19.3. The Morgan fingerprint density at radius 3 is 2.70 bits per heavy atom. The summed E-state index contributed by atoms with van der Waals surface area (Å²) in [6.45, 7) is 8.58. The highest BCUT2D eigenvalue weighted by atomic mass is 28.3. The van der Waals surface area contributed by atoms with E-state index in [-0.39, 0.29) is 18.6 Å². The molecule has 0 spiro atoms. The van der Waals surface area contributed by atoms with Crippen LogP contribution in [0.1, 0.15) is 41.7 Å². The van der Waals surface area contributed by atoms with Crippen LogP contribution in [0.2, 0.25) is 25.7 Å². The van der Waals surface area contributed by atoms with Gasteiger partial charge in [-0.3, -0.25) is 4.79 Å². The SMILES string of the molecule is CC[C@@]1(O)C(=O)OCc2c1cc1n(c2=O)Cc2cc3c([C@H](O)C[Si](C)(C)C)cccc3nc2-1. The van der Waals surface area contributed by atoms with Crippen LogP contribution in [0.25, 0.3) is 22.3 Å². The normalized spacial score (nSPS) is 20.2. The van der Waals surface area contributed by atoms with Crippen molar-refractivity contribution in [1.82, 2.24) is 9.55 Å². The average molecular weight is 465 g/mol. The molecule has 0 fully saturated rings. The van der Waals surface area contributed by atoms with Crippen LogP contribution in [0.5, 0.6) is 0 Å². The standard InChI is InChI=1S/C25H28N2O5Si/c1-5-25(31)18-10-20-22-14(11-27(20)23(29)17(18)12-32-24(25)30)9-16-15(7-6-8-19(16)26-22)21(28)13-33(2,3)4/h6-10,21,28,31H,5,11-13H2,1-4H3/t21-,25+/m1/s1. The van der Waals surface area contributed by atoms with Crippen LogP contribution in [-0.2, 0) is 28.3 Å². The molecule has 2 N–H and O–H groups in total. The number of benzene rings is 1. The monoisotopic (exact) mass is 464 g/mol. The summed E-state index contributed by atoms with van der Waals surface area (Å²) in [5.41, 5.74) is 2.23. The number of carbonyl (C=O) groups is 1. The van der Waals surface area contributed by atoms with Gasteiger partial charge < -0.3 is 19.5 Å².